The maximum atomic E-state index is 2.71. The number of fused-ring (bicyclic) bond motifs is 1. The topological polar surface area (TPSA) is 0 Å². The second-order valence-electron chi connectivity index (χ2n) is 8.50. The van der Waals surface area contributed by atoms with E-state index in [0.29, 0.717) is 11.1 Å². The predicted octanol–water partition coefficient (Wildman–Crippen LogP) is 8.05. The fraction of sp³-hybridized carbons (Fsp3) is 0.520. The molecule has 0 spiro atoms. The molecule has 1 aromatic rings. The lowest BCUT2D eigenvalue weighted by Crippen LogP contribution is -2.45. The lowest BCUT2D eigenvalue weighted by molar-refractivity contribution is 0.943. The summed E-state index contributed by atoms with van der Waals surface area (Å²) in [4.78, 5) is 0. The second kappa shape index (κ2) is 7.35. The highest BCUT2D eigenvalue weighted by atomic mass is 28.3. The van der Waals surface area contributed by atoms with Crippen molar-refractivity contribution in [2.75, 3.05) is 0 Å². The first kappa shape index (κ1) is 19.4. The molecule has 0 nitrogen and oxygen atoms in total. The molecule has 0 fully saturated rings. The van der Waals surface area contributed by atoms with Gasteiger partial charge in [0.25, 0.3) is 0 Å². The Kier molecular flexibility index (Phi) is 5.49. The monoisotopic (exact) mass is 364 g/mol. The highest BCUT2D eigenvalue weighted by Crippen LogP contribution is 2.56. The smallest absolute Gasteiger partial charge is 0.0758 e. The van der Waals surface area contributed by atoms with Gasteiger partial charge in [0.2, 0.25) is 0 Å². The molecule has 3 rings (SSSR count). The molecule has 1 atom stereocenters. The van der Waals surface area contributed by atoms with E-state index in [1.165, 1.54) is 24.9 Å². The highest BCUT2D eigenvalue weighted by molar-refractivity contribution is 6.84. The molecule has 26 heavy (non-hydrogen) atoms. The molecular formula is C25H36Si. The first-order chi connectivity index (χ1) is 12.4. The minimum Gasteiger partial charge on any atom is -0.0758 e. The second-order valence-corrected chi connectivity index (χ2v) is 13.6. The largest absolute Gasteiger partial charge is 0.0768 e. The van der Waals surface area contributed by atoms with Crippen LogP contribution in [0.15, 0.2) is 52.6 Å². The molecule has 0 aliphatic heterocycles. The lowest BCUT2D eigenvalue weighted by atomic mass is 10.0. The third kappa shape index (κ3) is 2.71. The highest BCUT2D eigenvalue weighted by Gasteiger charge is 2.49. The van der Waals surface area contributed by atoms with Crippen molar-refractivity contribution < 1.29 is 0 Å². The van der Waals surface area contributed by atoms with Crippen molar-refractivity contribution in [3.05, 3.63) is 63.8 Å². The Bertz CT molecular complexity index is 762. The van der Waals surface area contributed by atoms with Crippen molar-refractivity contribution in [1.82, 2.24) is 0 Å². The molecule has 2 aliphatic carbocycles. The number of rotatable bonds is 6. The SMILES string of the molecule is CCCC1=CC([Si](CC)(CC)C2C(C)=C(C)C(C)=C2C)c2ccccc21. The Hall–Kier alpha value is -1.34. The summed E-state index contributed by atoms with van der Waals surface area (Å²) in [5.41, 5.74) is 12.7. The van der Waals surface area contributed by atoms with Crippen LogP contribution in [0.1, 0.15) is 78.0 Å². The molecule has 0 bridgehead atoms. The van der Waals surface area contributed by atoms with Gasteiger partial charge in [-0.15, -0.1) is 0 Å². The quantitative estimate of drug-likeness (QED) is 0.448. The van der Waals surface area contributed by atoms with Crippen molar-refractivity contribution >= 4 is 13.6 Å². The van der Waals surface area contributed by atoms with Crippen LogP contribution in [0.2, 0.25) is 17.6 Å². The summed E-state index contributed by atoms with van der Waals surface area (Å²) in [5, 5.41) is 0. The minimum absolute atomic E-state index is 0.670. The molecule has 2 aliphatic rings. The molecule has 1 unspecified atom stereocenters. The van der Waals surface area contributed by atoms with Gasteiger partial charge in [-0.1, -0.05) is 80.8 Å². The molecule has 1 aromatic carbocycles. The maximum Gasteiger partial charge on any atom is 0.0768 e. The van der Waals surface area contributed by atoms with Gasteiger partial charge in [-0.2, -0.15) is 0 Å². The van der Waals surface area contributed by atoms with Crippen molar-refractivity contribution in [2.45, 2.75) is 84.5 Å². The van der Waals surface area contributed by atoms with Crippen LogP contribution in [0.5, 0.6) is 0 Å². The molecule has 0 amide bonds. The molecule has 140 valence electrons. The number of hydrogen-bond acceptors (Lipinski definition) is 0. The van der Waals surface area contributed by atoms with Gasteiger partial charge in [0, 0.05) is 0 Å². The van der Waals surface area contributed by atoms with Gasteiger partial charge in [-0.25, -0.2) is 0 Å². The average molecular weight is 365 g/mol. The third-order valence-corrected chi connectivity index (χ3v) is 14.0. The van der Waals surface area contributed by atoms with Crippen LogP contribution in [0, 0.1) is 0 Å². The van der Waals surface area contributed by atoms with E-state index in [9.17, 15) is 0 Å². The standard InChI is InChI=1S/C25H36Si/c1-8-13-21-16-24(23-15-12-11-14-22(21)23)26(9-2,10-3)25-19(6)17(4)18(5)20(25)7/h11-12,14-16,24-25H,8-10,13H2,1-7H3. The van der Waals surface area contributed by atoms with E-state index < -0.39 is 8.07 Å². The molecule has 0 aromatic heterocycles. The van der Waals surface area contributed by atoms with Crippen LogP contribution in [-0.2, 0) is 0 Å². The van der Waals surface area contributed by atoms with Crippen LogP contribution >= 0.6 is 0 Å². The average Bonchev–Trinajstić information content (AvgIpc) is 3.11. The van der Waals surface area contributed by atoms with Crippen molar-refractivity contribution in [3.63, 3.8) is 0 Å². The van der Waals surface area contributed by atoms with E-state index in [1.807, 2.05) is 0 Å². The Morgan fingerprint density at radius 1 is 0.846 bits per heavy atom. The summed E-state index contributed by atoms with van der Waals surface area (Å²) in [7, 11) is -1.60. The van der Waals surface area contributed by atoms with Crippen LogP contribution in [0.25, 0.3) is 5.57 Å². The zero-order valence-corrected chi connectivity index (χ0v) is 18.9. The first-order valence-corrected chi connectivity index (χ1v) is 13.1. The van der Waals surface area contributed by atoms with E-state index in [2.05, 4.69) is 78.8 Å². The fourth-order valence-corrected chi connectivity index (χ4v) is 12.0. The normalized spacial score (nSPS) is 20.9. The molecular weight excluding hydrogens is 328 g/mol. The van der Waals surface area contributed by atoms with Crippen LogP contribution in [-0.4, -0.2) is 8.07 Å². The molecule has 0 saturated carbocycles. The maximum absolute atomic E-state index is 2.71. The zero-order chi connectivity index (χ0) is 19.1. The van der Waals surface area contributed by atoms with E-state index in [-0.39, 0.29) is 0 Å². The number of benzene rings is 1. The Labute approximate surface area is 162 Å². The number of allylic oxidation sites excluding steroid dienone is 6. The fourth-order valence-electron chi connectivity index (χ4n) is 5.89. The Balaban J connectivity index is 2.18. The first-order valence-electron chi connectivity index (χ1n) is 10.6. The zero-order valence-electron chi connectivity index (χ0n) is 17.9. The van der Waals surface area contributed by atoms with Crippen LogP contribution < -0.4 is 0 Å². The molecule has 0 heterocycles. The van der Waals surface area contributed by atoms with E-state index in [1.54, 1.807) is 39.0 Å². The summed E-state index contributed by atoms with van der Waals surface area (Å²) < 4.78 is 0. The van der Waals surface area contributed by atoms with Gasteiger partial charge in [-0.05, 0) is 73.0 Å². The third-order valence-electron chi connectivity index (χ3n) is 7.65. The molecule has 0 N–H and O–H groups in total. The van der Waals surface area contributed by atoms with Gasteiger partial charge in [0.1, 0.15) is 0 Å². The van der Waals surface area contributed by atoms with Crippen molar-refractivity contribution in [2.24, 2.45) is 0 Å². The van der Waals surface area contributed by atoms with Gasteiger partial charge >= 0.3 is 0 Å². The summed E-state index contributed by atoms with van der Waals surface area (Å²) in [6.07, 6.45) is 5.16. The van der Waals surface area contributed by atoms with Gasteiger partial charge < -0.3 is 0 Å². The number of hydrogen-bond donors (Lipinski definition) is 0. The Morgan fingerprint density at radius 2 is 1.42 bits per heavy atom. The van der Waals surface area contributed by atoms with E-state index in [4.69, 9.17) is 0 Å². The summed E-state index contributed by atoms with van der Waals surface area (Å²) in [5.74, 6) is 0. The molecule has 0 radical (unpaired) electrons. The predicted molar refractivity (Wildman–Crippen MR) is 119 cm³/mol. The summed E-state index contributed by atoms with van der Waals surface area (Å²) >= 11 is 0. The van der Waals surface area contributed by atoms with Crippen LogP contribution in [0.4, 0.5) is 0 Å². The Morgan fingerprint density at radius 3 is 1.96 bits per heavy atom. The van der Waals surface area contributed by atoms with E-state index >= 15 is 0 Å². The van der Waals surface area contributed by atoms with Crippen molar-refractivity contribution in [1.29, 1.82) is 0 Å². The molecule has 0 saturated heterocycles. The van der Waals surface area contributed by atoms with Gasteiger partial charge in [-0.3, -0.25) is 0 Å². The summed E-state index contributed by atoms with van der Waals surface area (Å²) in [6.45, 7) is 16.8. The lowest BCUT2D eigenvalue weighted by Gasteiger charge is -2.43. The molecule has 1 heteroatoms. The van der Waals surface area contributed by atoms with Gasteiger partial charge in [0.05, 0.1) is 8.07 Å². The van der Waals surface area contributed by atoms with Gasteiger partial charge in [0.15, 0.2) is 0 Å². The van der Waals surface area contributed by atoms with Crippen molar-refractivity contribution in [3.8, 4) is 0 Å². The van der Waals surface area contributed by atoms with E-state index in [0.717, 1.165) is 0 Å². The summed E-state index contributed by atoms with van der Waals surface area (Å²) in [6, 6.07) is 12.0. The minimum atomic E-state index is -1.60. The van der Waals surface area contributed by atoms with Crippen LogP contribution in [0.3, 0.4) is 0 Å².